The molecule has 0 radical (unpaired) electrons. The van der Waals surface area contributed by atoms with E-state index < -0.39 is 0 Å². The van der Waals surface area contributed by atoms with Crippen LogP contribution in [0.2, 0.25) is 5.02 Å². The van der Waals surface area contributed by atoms with Crippen LogP contribution in [0.4, 0.5) is 17.5 Å². The van der Waals surface area contributed by atoms with E-state index in [1.54, 1.807) is 12.4 Å². The number of para-hydroxylation sites is 1. The minimum Gasteiger partial charge on any atom is -0.365 e. The Morgan fingerprint density at radius 1 is 0.846 bits per heavy atom. The number of aromatic nitrogens is 3. The predicted octanol–water partition coefficient (Wildman–Crippen LogP) is 5.03. The second kappa shape index (κ2) is 7.37. The third kappa shape index (κ3) is 3.58. The van der Waals surface area contributed by atoms with Crippen LogP contribution < -0.4 is 10.6 Å². The van der Waals surface area contributed by atoms with Gasteiger partial charge in [0.2, 0.25) is 5.95 Å². The van der Waals surface area contributed by atoms with Crippen molar-refractivity contribution in [3.63, 3.8) is 0 Å². The van der Waals surface area contributed by atoms with Crippen molar-refractivity contribution in [2.75, 3.05) is 10.6 Å². The van der Waals surface area contributed by atoms with Crippen molar-refractivity contribution in [2.45, 2.75) is 6.54 Å². The van der Waals surface area contributed by atoms with Crippen LogP contribution in [0.3, 0.4) is 0 Å². The molecule has 0 amide bonds. The maximum Gasteiger partial charge on any atom is 0.229 e. The van der Waals surface area contributed by atoms with Gasteiger partial charge in [0.25, 0.3) is 0 Å². The molecule has 0 bridgehead atoms. The second-order valence-electron chi connectivity index (χ2n) is 5.72. The summed E-state index contributed by atoms with van der Waals surface area (Å²) >= 11 is 6.26. The largest absolute Gasteiger partial charge is 0.365 e. The van der Waals surface area contributed by atoms with Crippen LogP contribution in [0.15, 0.2) is 73.1 Å². The lowest BCUT2D eigenvalue weighted by Crippen LogP contribution is -2.06. The summed E-state index contributed by atoms with van der Waals surface area (Å²) in [5.74, 6) is 1.28. The monoisotopic (exact) mass is 361 g/mol. The Morgan fingerprint density at radius 2 is 1.62 bits per heavy atom. The Hall–Kier alpha value is -3.18. The highest BCUT2D eigenvalue weighted by Gasteiger charge is 2.08. The number of pyridine rings is 1. The topological polar surface area (TPSA) is 62.7 Å². The lowest BCUT2D eigenvalue weighted by atomic mass is 10.2. The van der Waals surface area contributed by atoms with Gasteiger partial charge >= 0.3 is 0 Å². The summed E-state index contributed by atoms with van der Waals surface area (Å²) in [7, 11) is 0. The summed E-state index contributed by atoms with van der Waals surface area (Å²) in [5.41, 5.74) is 2.76. The molecule has 0 unspecified atom stereocenters. The van der Waals surface area contributed by atoms with Crippen LogP contribution in [0.5, 0.6) is 0 Å². The average Bonchev–Trinajstić information content (AvgIpc) is 2.68. The Morgan fingerprint density at radius 3 is 2.46 bits per heavy atom. The zero-order valence-corrected chi connectivity index (χ0v) is 14.6. The van der Waals surface area contributed by atoms with E-state index in [0.29, 0.717) is 12.5 Å². The third-order valence-corrected chi connectivity index (χ3v) is 4.31. The molecule has 5 nitrogen and oxygen atoms in total. The zero-order valence-electron chi connectivity index (χ0n) is 13.9. The maximum atomic E-state index is 6.26. The number of halogens is 1. The molecule has 0 spiro atoms. The van der Waals surface area contributed by atoms with Gasteiger partial charge in [-0.3, -0.25) is 4.98 Å². The molecule has 0 fully saturated rings. The fourth-order valence-corrected chi connectivity index (χ4v) is 2.85. The Labute approximate surface area is 156 Å². The highest BCUT2D eigenvalue weighted by molar-refractivity contribution is 6.31. The number of anilines is 3. The van der Waals surface area contributed by atoms with Gasteiger partial charge in [0.15, 0.2) is 0 Å². The van der Waals surface area contributed by atoms with Crippen LogP contribution >= 0.6 is 11.6 Å². The first kappa shape index (κ1) is 16.3. The van der Waals surface area contributed by atoms with Crippen LogP contribution in [0.1, 0.15) is 5.56 Å². The number of fused-ring (bicyclic) bond motifs is 1. The standard InChI is InChI=1S/C20H16ClN5/c21-17-7-3-1-5-14(17)13-23-19-16-6-2-4-8-18(16)25-20(26-19)24-15-9-11-22-12-10-15/h1-12H,13H2,(H2,22,23,24,25,26). The van der Waals surface area contributed by atoms with Crippen molar-refractivity contribution in [1.82, 2.24) is 15.0 Å². The summed E-state index contributed by atoms with van der Waals surface area (Å²) in [5, 5.41) is 8.29. The van der Waals surface area contributed by atoms with Gasteiger partial charge < -0.3 is 10.6 Å². The van der Waals surface area contributed by atoms with E-state index in [1.807, 2.05) is 60.7 Å². The van der Waals surface area contributed by atoms with Gasteiger partial charge in [0, 0.05) is 35.0 Å². The molecule has 4 aromatic rings. The summed E-state index contributed by atoms with van der Waals surface area (Å²) in [6.45, 7) is 0.579. The lowest BCUT2D eigenvalue weighted by molar-refractivity contribution is 1.10. The fraction of sp³-hybridized carbons (Fsp3) is 0.0500. The van der Waals surface area contributed by atoms with Crippen molar-refractivity contribution in [1.29, 1.82) is 0 Å². The first-order valence-electron chi connectivity index (χ1n) is 8.21. The molecule has 2 N–H and O–H groups in total. The quantitative estimate of drug-likeness (QED) is 0.521. The summed E-state index contributed by atoms with van der Waals surface area (Å²) in [6.07, 6.45) is 3.44. The van der Waals surface area contributed by atoms with Crippen LogP contribution in [0, 0.1) is 0 Å². The van der Waals surface area contributed by atoms with Crippen molar-refractivity contribution < 1.29 is 0 Å². The van der Waals surface area contributed by atoms with Gasteiger partial charge in [-0.25, -0.2) is 4.98 Å². The number of hydrogen-bond donors (Lipinski definition) is 2. The van der Waals surface area contributed by atoms with Gasteiger partial charge in [-0.15, -0.1) is 0 Å². The van der Waals surface area contributed by atoms with E-state index >= 15 is 0 Å². The molecule has 6 heteroatoms. The van der Waals surface area contributed by atoms with Crippen LogP contribution in [-0.4, -0.2) is 15.0 Å². The van der Waals surface area contributed by atoms with Gasteiger partial charge in [-0.2, -0.15) is 4.98 Å². The Kier molecular flexibility index (Phi) is 4.62. The minimum absolute atomic E-state index is 0.525. The number of rotatable bonds is 5. The Bertz CT molecular complexity index is 1040. The second-order valence-corrected chi connectivity index (χ2v) is 6.13. The molecule has 2 aromatic carbocycles. The molecule has 0 saturated carbocycles. The van der Waals surface area contributed by atoms with E-state index in [1.165, 1.54) is 0 Å². The summed E-state index contributed by atoms with van der Waals surface area (Å²) in [4.78, 5) is 13.3. The molecular formula is C20H16ClN5. The maximum absolute atomic E-state index is 6.26. The molecule has 2 heterocycles. The van der Waals surface area contributed by atoms with Gasteiger partial charge in [-0.05, 0) is 35.9 Å². The molecule has 0 aliphatic heterocycles. The van der Waals surface area contributed by atoms with E-state index in [-0.39, 0.29) is 0 Å². The van der Waals surface area contributed by atoms with Gasteiger partial charge in [0.1, 0.15) is 5.82 Å². The molecular weight excluding hydrogens is 346 g/mol. The lowest BCUT2D eigenvalue weighted by Gasteiger charge is -2.12. The highest BCUT2D eigenvalue weighted by atomic mass is 35.5. The third-order valence-electron chi connectivity index (χ3n) is 3.94. The predicted molar refractivity (Wildman–Crippen MR) is 106 cm³/mol. The van der Waals surface area contributed by atoms with Gasteiger partial charge in [-0.1, -0.05) is 41.9 Å². The molecule has 0 atom stereocenters. The van der Waals surface area contributed by atoms with E-state index in [2.05, 4.69) is 25.6 Å². The number of benzene rings is 2. The van der Waals surface area contributed by atoms with Gasteiger partial charge in [0.05, 0.1) is 5.52 Å². The molecule has 2 aromatic heterocycles. The van der Waals surface area contributed by atoms with Crippen LogP contribution in [0.25, 0.3) is 10.9 Å². The SMILES string of the molecule is Clc1ccccc1CNc1nc(Nc2ccncc2)nc2ccccc12. The van der Waals surface area contributed by atoms with Crippen molar-refractivity contribution in [2.24, 2.45) is 0 Å². The Balaban J connectivity index is 1.67. The van der Waals surface area contributed by atoms with E-state index in [4.69, 9.17) is 11.6 Å². The number of hydrogen-bond acceptors (Lipinski definition) is 5. The fourth-order valence-electron chi connectivity index (χ4n) is 2.65. The van der Waals surface area contributed by atoms with E-state index in [9.17, 15) is 0 Å². The van der Waals surface area contributed by atoms with Crippen LogP contribution in [-0.2, 0) is 6.54 Å². The minimum atomic E-state index is 0.525. The number of nitrogens with one attached hydrogen (secondary N) is 2. The smallest absolute Gasteiger partial charge is 0.229 e. The molecule has 26 heavy (non-hydrogen) atoms. The number of nitrogens with zero attached hydrogens (tertiary/aromatic N) is 3. The molecule has 0 aliphatic rings. The summed E-state index contributed by atoms with van der Waals surface area (Å²) in [6, 6.07) is 19.4. The molecule has 0 aliphatic carbocycles. The summed E-state index contributed by atoms with van der Waals surface area (Å²) < 4.78 is 0. The van der Waals surface area contributed by atoms with Crippen molar-refractivity contribution in [3.8, 4) is 0 Å². The zero-order chi connectivity index (χ0) is 17.8. The molecule has 128 valence electrons. The normalized spacial score (nSPS) is 10.7. The first-order valence-corrected chi connectivity index (χ1v) is 8.58. The molecule has 4 rings (SSSR count). The van der Waals surface area contributed by atoms with E-state index in [0.717, 1.165) is 33.0 Å². The highest BCUT2D eigenvalue weighted by Crippen LogP contribution is 2.25. The van der Waals surface area contributed by atoms with Crippen molar-refractivity contribution in [3.05, 3.63) is 83.6 Å². The van der Waals surface area contributed by atoms with Crippen molar-refractivity contribution >= 4 is 40.0 Å². The first-order chi connectivity index (χ1) is 12.8. The average molecular weight is 362 g/mol. The molecule has 0 saturated heterocycles.